The first-order valence-electron chi connectivity index (χ1n) is 5.30. The lowest BCUT2D eigenvalue weighted by molar-refractivity contribution is 0.149. The van der Waals surface area contributed by atoms with E-state index in [1.807, 2.05) is 6.92 Å². The van der Waals surface area contributed by atoms with E-state index in [-0.39, 0.29) is 5.39 Å². The minimum Gasteiger partial charge on any atom is -0.505 e. The van der Waals surface area contributed by atoms with Gasteiger partial charge in [-0.05, 0) is 24.6 Å². The van der Waals surface area contributed by atoms with Crippen molar-refractivity contribution in [2.45, 2.75) is 13.3 Å². The van der Waals surface area contributed by atoms with Gasteiger partial charge in [-0.15, -0.1) is 0 Å². The maximum Gasteiger partial charge on any atom is 0.418 e. The lowest BCUT2D eigenvalue weighted by Gasteiger charge is -2.05. The van der Waals surface area contributed by atoms with Crippen molar-refractivity contribution in [1.82, 2.24) is 4.57 Å². The molecule has 1 heterocycles. The molecule has 0 saturated carbocycles. The Morgan fingerprint density at radius 2 is 2.24 bits per heavy atom. The molecular weight excluding hydrogens is 225 g/mol. The van der Waals surface area contributed by atoms with E-state index in [1.165, 1.54) is 29.0 Å². The highest BCUT2D eigenvalue weighted by Crippen LogP contribution is 2.26. The minimum absolute atomic E-state index is 0.193. The first-order valence-corrected chi connectivity index (χ1v) is 5.30. The van der Waals surface area contributed by atoms with Gasteiger partial charge in [-0.3, -0.25) is 4.57 Å². The number of benzene rings is 1. The van der Waals surface area contributed by atoms with Crippen LogP contribution in [-0.4, -0.2) is 22.4 Å². The molecule has 1 N–H and O–H groups in total. The van der Waals surface area contributed by atoms with Crippen LogP contribution in [0.5, 0.6) is 5.75 Å². The molecule has 5 heteroatoms. The third-order valence-electron chi connectivity index (χ3n) is 2.41. The third-order valence-corrected chi connectivity index (χ3v) is 2.41. The maximum absolute atomic E-state index is 13.5. The van der Waals surface area contributed by atoms with Crippen molar-refractivity contribution in [2.75, 3.05) is 6.61 Å². The molecule has 90 valence electrons. The predicted molar refractivity (Wildman–Crippen MR) is 60.6 cm³/mol. The Kier molecular flexibility index (Phi) is 2.99. The van der Waals surface area contributed by atoms with E-state index in [4.69, 9.17) is 4.74 Å². The highest BCUT2D eigenvalue weighted by molar-refractivity contribution is 5.90. The Balaban J connectivity index is 2.43. The van der Waals surface area contributed by atoms with Crippen molar-refractivity contribution in [3.05, 3.63) is 30.2 Å². The number of hydrogen-bond donors (Lipinski definition) is 1. The van der Waals surface area contributed by atoms with Gasteiger partial charge in [0.2, 0.25) is 0 Å². The predicted octanol–water partition coefficient (Wildman–Crippen LogP) is 2.88. The van der Waals surface area contributed by atoms with Gasteiger partial charge in [-0.25, -0.2) is 9.18 Å². The number of ether oxygens (including phenoxy) is 1. The van der Waals surface area contributed by atoms with Gasteiger partial charge in [-0.2, -0.15) is 0 Å². The second-order valence-electron chi connectivity index (χ2n) is 3.63. The topological polar surface area (TPSA) is 51.5 Å². The average Bonchev–Trinajstić information content (AvgIpc) is 2.75. The quantitative estimate of drug-likeness (QED) is 0.873. The van der Waals surface area contributed by atoms with Crippen LogP contribution in [0.4, 0.5) is 9.18 Å². The van der Waals surface area contributed by atoms with E-state index in [1.54, 1.807) is 0 Å². The second-order valence-corrected chi connectivity index (χ2v) is 3.63. The van der Waals surface area contributed by atoms with E-state index >= 15 is 0 Å². The Bertz CT molecular complexity index is 562. The number of fused-ring (bicyclic) bond motifs is 1. The number of carbonyl (C=O) groups is 1. The summed E-state index contributed by atoms with van der Waals surface area (Å²) in [6, 6.07) is 4.11. The molecule has 2 aromatic rings. The largest absolute Gasteiger partial charge is 0.505 e. The fourth-order valence-corrected chi connectivity index (χ4v) is 1.59. The fourth-order valence-electron chi connectivity index (χ4n) is 1.59. The standard InChI is InChI=1S/C12H12FNO3/c1-2-7-17-12(16)14-6-5-8-9(14)3-4-10(15)11(8)13/h3-6,15H,2,7H2,1H3. The van der Waals surface area contributed by atoms with Crippen LogP contribution in [0.3, 0.4) is 0 Å². The molecule has 0 aliphatic rings. The van der Waals surface area contributed by atoms with Crippen molar-refractivity contribution >= 4 is 17.0 Å². The Morgan fingerprint density at radius 3 is 2.94 bits per heavy atom. The van der Waals surface area contributed by atoms with E-state index in [2.05, 4.69) is 0 Å². The molecule has 1 aromatic heterocycles. The average molecular weight is 237 g/mol. The lowest BCUT2D eigenvalue weighted by Crippen LogP contribution is -2.12. The van der Waals surface area contributed by atoms with Gasteiger partial charge < -0.3 is 9.84 Å². The van der Waals surface area contributed by atoms with E-state index < -0.39 is 17.7 Å². The van der Waals surface area contributed by atoms with Crippen LogP contribution in [0.15, 0.2) is 24.4 Å². The van der Waals surface area contributed by atoms with Crippen molar-refractivity contribution in [1.29, 1.82) is 0 Å². The SMILES string of the molecule is CCCOC(=O)n1ccc2c(F)c(O)ccc21. The van der Waals surface area contributed by atoms with Crippen molar-refractivity contribution in [2.24, 2.45) is 0 Å². The molecule has 0 radical (unpaired) electrons. The van der Waals surface area contributed by atoms with Gasteiger partial charge in [0.25, 0.3) is 0 Å². The Morgan fingerprint density at radius 1 is 1.47 bits per heavy atom. The molecule has 0 spiro atoms. The minimum atomic E-state index is -0.732. The van der Waals surface area contributed by atoms with Crippen LogP contribution < -0.4 is 0 Å². The third kappa shape index (κ3) is 1.95. The van der Waals surface area contributed by atoms with E-state index in [0.717, 1.165) is 6.42 Å². The summed E-state index contributed by atoms with van der Waals surface area (Å²) in [7, 11) is 0. The summed E-state index contributed by atoms with van der Waals surface area (Å²) >= 11 is 0. The first kappa shape index (κ1) is 11.4. The highest BCUT2D eigenvalue weighted by Gasteiger charge is 2.14. The molecule has 17 heavy (non-hydrogen) atoms. The molecule has 1 aromatic carbocycles. The molecule has 0 aliphatic heterocycles. The number of rotatable bonds is 2. The van der Waals surface area contributed by atoms with Crippen molar-refractivity contribution < 1.29 is 19.0 Å². The van der Waals surface area contributed by atoms with Crippen LogP contribution in [-0.2, 0) is 4.74 Å². The fraction of sp³-hybridized carbons (Fsp3) is 0.250. The van der Waals surface area contributed by atoms with Crippen LogP contribution in [0.1, 0.15) is 13.3 Å². The molecule has 0 saturated heterocycles. The van der Waals surface area contributed by atoms with Crippen LogP contribution in [0.2, 0.25) is 0 Å². The molecule has 2 rings (SSSR count). The maximum atomic E-state index is 13.5. The smallest absolute Gasteiger partial charge is 0.418 e. The monoisotopic (exact) mass is 237 g/mol. The number of aromatic nitrogens is 1. The van der Waals surface area contributed by atoms with Gasteiger partial charge in [0.05, 0.1) is 12.1 Å². The number of phenolic OH excluding ortho intramolecular Hbond substituents is 1. The molecule has 4 nitrogen and oxygen atoms in total. The van der Waals surface area contributed by atoms with Crippen molar-refractivity contribution in [3.8, 4) is 5.75 Å². The van der Waals surface area contributed by atoms with E-state index in [0.29, 0.717) is 12.1 Å². The number of carbonyl (C=O) groups excluding carboxylic acids is 1. The van der Waals surface area contributed by atoms with E-state index in [9.17, 15) is 14.3 Å². The summed E-state index contributed by atoms with van der Waals surface area (Å²) in [4.78, 5) is 11.6. The number of hydrogen-bond acceptors (Lipinski definition) is 3. The summed E-state index contributed by atoms with van der Waals surface area (Å²) < 4.78 is 19.7. The normalized spacial score (nSPS) is 10.7. The van der Waals surface area contributed by atoms with Gasteiger partial charge in [0.1, 0.15) is 0 Å². The van der Waals surface area contributed by atoms with Crippen LogP contribution in [0.25, 0.3) is 10.9 Å². The summed E-state index contributed by atoms with van der Waals surface area (Å²) in [6.45, 7) is 2.21. The number of nitrogens with zero attached hydrogens (tertiary/aromatic N) is 1. The first-order chi connectivity index (χ1) is 8.15. The molecular formula is C12H12FNO3. The van der Waals surface area contributed by atoms with Gasteiger partial charge in [0.15, 0.2) is 11.6 Å². The Hall–Kier alpha value is -2.04. The molecule has 0 bridgehead atoms. The summed E-state index contributed by atoms with van der Waals surface area (Å²) in [5.41, 5.74) is 0.376. The van der Waals surface area contributed by atoms with Gasteiger partial charge in [0, 0.05) is 11.6 Å². The summed E-state index contributed by atoms with van der Waals surface area (Å²) in [5, 5.41) is 9.40. The zero-order chi connectivity index (χ0) is 12.4. The zero-order valence-corrected chi connectivity index (χ0v) is 9.31. The summed E-state index contributed by atoms with van der Waals surface area (Å²) in [6.07, 6.45) is 1.59. The summed E-state index contributed by atoms with van der Waals surface area (Å²) in [5.74, 6) is -1.17. The van der Waals surface area contributed by atoms with Gasteiger partial charge >= 0.3 is 6.09 Å². The number of phenols is 1. The van der Waals surface area contributed by atoms with Crippen LogP contribution in [0, 0.1) is 5.82 Å². The molecule has 0 atom stereocenters. The Labute approximate surface area is 97.2 Å². The molecule has 0 aliphatic carbocycles. The molecule has 0 amide bonds. The molecule has 0 fully saturated rings. The number of aromatic hydroxyl groups is 1. The highest BCUT2D eigenvalue weighted by atomic mass is 19.1. The zero-order valence-electron chi connectivity index (χ0n) is 9.31. The second kappa shape index (κ2) is 4.45. The molecule has 0 unspecified atom stereocenters. The lowest BCUT2D eigenvalue weighted by atomic mass is 10.2. The van der Waals surface area contributed by atoms with Crippen molar-refractivity contribution in [3.63, 3.8) is 0 Å². The van der Waals surface area contributed by atoms with Crippen LogP contribution >= 0.6 is 0 Å². The van der Waals surface area contributed by atoms with Gasteiger partial charge in [-0.1, -0.05) is 6.92 Å². The number of halogens is 1.